The second-order valence-corrected chi connectivity index (χ2v) is 8.55. The van der Waals surface area contributed by atoms with Crippen molar-refractivity contribution in [3.8, 4) is 0 Å². The standard InChI is InChI=1S/C17H29NS/c1-5-13-9-10-14(19-13)12-17(18)11-7-6-8-15(17)16(2,3)4/h9-10,15H,5-8,11-12,18H2,1-4H3. The predicted octanol–water partition coefficient (Wildman–Crippen LogP) is 4.79. The molecule has 2 atom stereocenters. The topological polar surface area (TPSA) is 26.0 Å². The van der Waals surface area contributed by atoms with Crippen molar-refractivity contribution in [3.63, 3.8) is 0 Å². The first-order valence-electron chi connectivity index (χ1n) is 7.71. The van der Waals surface area contributed by atoms with Gasteiger partial charge < -0.3 is 5.73 Å². The van der Waals surface area contributed by atoms with Crippen LogP contribution in [0.5, 0.6) is 0 Å². The first kappa shape index (κ1) is 15.1. The van der Waals surface area contributed by atoms with Crippen molar-refractivity contribution in [2.75, 3.05) is 0 Å². The highest BCUT2D eigenvalue weighted by atomic mass is 32.1. The Morgan fingerprint density at radius 3 is 2.53 bits per heavy atom. The van der Waals surface area contributed by atoms with Gasteiger partial charge in [0.25, 0.3) is 0 Å². The van der Waals surface area contributed by atoms with Crippen molar-refractivity contribution in [2.24, 2.45) is 17.1 Å². The molecule has 0 radical (unpaired) electrons. The molecule has 0 aliphatic heterocycles. The first-order valence-corrected chi connectivity index (χ1v) is 8.53. The molecule has 2 unspecified atom stereocenters. The van der Waals surface area contributed by atoms with Gasteiger partial charge in [0.15, 0.2) is 0 Å². The molecule has 108 valence electrons. The van der Waals surface area contributed by atoms with Crippen LogP contribution in [0.25, 0.3) is 0 Å². The summed E-state index contributed by atoms with van der Waals surface area (Å²) in [6.45, 7) is 9.30. The van der Waals surface area contributed by atoms with Crippen LogP contribution < -0.4 is 5.73 Å². The molecular weight excluding hydrogens is 250 g/mol. The molecule has 2 heteroatoms. The Morgan fingerprint density at radius 2 is 1.95 bits per heavy atom. The van der Waals surface area contributed by atoms with Crippen molar-refractivity contribution in [1.29, 1.82) is 0 Å². The van der Waals surface area contributed by atoms with Gasteiger partial charge in [0.1, 0.15) is 0 Å². The van der Waals surface area contributed by atoms with Gasteiger partial charge in [0.05, 0.1) is 0 Å². The van der Waals surface area contributed by atoms with E-state index in [0.29, 0.717) is 11.3 Å². The Morgan fingerprint density at radius 1 is 1.26 bits per heavy atom. The minimum absolute atomic E-state index is 0.00631. The summed E-state index contributed by atoms with van der Waals surface area (Å²) in [5, 5.41) is 0. The quantitative estimate of drug-likeness (QED) is 0.846. The van der Waals surface area contributed by atoms with Crippen molar-refractivity contribution in [1.82, 2.24) is 0 Å². The fourth-order valence-electron chi connectivity index (χ4n) is 3.80. The van der Waals surface area contributed by atoms with Gasteiger partial charge in [-0.25, -0.2) is 0 Å². The minimum Gasteiger partial charge on any atom is -0.325 e. The van der Waals surface area contributed by atoms with Crippen molar-refractivity contribution >= 4 is 11.3 Å². The number of rotatable bonds is 3. The first-order chi connectivity index (χ1) is 8.85. The molecule has 1 saturated carbocycles. The average Bonchev–Trinajstić information content (AvgIpc) is 2.75. The highest BCUT2D eigenvalue weighted by Crippen LogP contribution is 2.45. The smallest absolute Gasteiger partial charge is 0.0236 e. The molecule has 1 aromatic heterocycles. The lowest BCUT2D eigenvalue weighted by molar-refractivity contribution is 0.0798. The Balaban J connectivity index is 2.18. The van der Waals surface area contributed by atoms with E-state index in [0.717, 1.165) is 12.8 Å². The van der Waals surface area contributed by atoms with Crippen molar-refractivity contribution in [2.45, 2.75) is 71.8 Å². The zero-order valence-corrected chi connectivity index (χ0v) is 13.8. The molecule has 0 spiro atoms. The van der Waals surface area contributed by atoms with E-state index in [1.54, 1.807) is 0 Å². The molecule has 0 aromatic carbocycles. The molecule has 1 aliphatic carbocycles. The van der Waals surface area contributed by atoms with Crippen LogP contribution in [0, 0.1) is 11.3 Å². The van der Waals surface area contributed by atoms with Gasteiger partial charge in [-0.3, -0.25) is 0 Å². The van der Waals surface area contributed by atoms with Crippen molar-refractivity contribution in [3.05, 3.63) is 21.9 Å². The zero-order chi connectivity index (χ0) is 14.1. The Bertz CT molecular complexity index is 415. The Kier molecular flexibility index (Phi) is 4.42. The summed E-state index contributed by atoms with van der Waals surface area (Å²) in [6, 6.07) is 4.57. The number of hydrogen-bond acceptors (Lipinski definition) is 2. The van der Waals surface area contributed by atoms with Crippen LogP contribution in [0.4, 0.5) is 0 Å². The van der Waals surface area contributed by atoms with Gasteiger partial charge in [-0.15, -0.1) is 11.3 Å². The van der Waals surface area contributed by atoms with E-state index in [-0.39, 0.29) is 5.54 Å². The highest BCUT2D eigenvalue weighted by molar-refractivity contribution is 7.12. The second kappa shape index (κ2) is 5.57. The second-order valence-electron chi connectivity index (χ2n) is 7.30. The molecule has 0 saturated heterocycles. The lowest BCUT2D eigenvalue weighted by Crippen LogP contribution is -2.55. The maximum Gasteiger partial charge on any atom is 0.0236 e. The van der Waals surface area contributed by atoms with Crippen LogP contribution in [0.2, 0.25) is 0 Å². The lowest BCUT2D eigenvalue weighted by atomic mass is 9.61. The van der Waals surface area contributed by atoms with Crippen molar-refractivity contribution < 1.29 is 0 Å². The summed E-state index contributed by atoms with van der Waals surface area (Å²) < 4.78 is 0. The van der Waals surface area contributed by atoms with Gasteiger partial charge >= 0.3 is 0 Å². The summed E-state index contributed by atoms with van der Waals surface area (Å²) in [6.07, 6.45) is 7.35. The third-order valence-corrected chi connectivity index (χ3v) is 5.92. The number of nitrogens with two attached hydrogens (primary N) is 1. The molecule has 1 nitrogen and oxygen atoms in total. The summed E-state index contributed by atoms with van der Waals surface area (Å²) in [5.41, 5.74) is 7.20. The molecule has 0 bridgehead atoms. The Hall–Kier alpha value is -0.340. The van der Waals surface area contributed by atoms with Gasteiger partial charge in [0, 0.05) is 21.7 Å². The third kappa shape index (κ3) is 3.41. The van der Waals surface area contributed by atoms with Crippen LogP contribution in [-0.2, 0) is 12.8 Å². The Labute approximate surface area is 122 Å². The van der Waals surface area contributed by atoms with E-state index >= 15 is 0 Å². The zero-order valence-electron chi connectivity index (χ0n) is 13.0. The molecule has 1 aromatic rings. The van der Waals surface area contributed by atoms with E-state index < -0.39 is 0 Å². The van der Waals surface area contributed by atoms with E-state index in [4.69, 9.17) is 5.73 Å². The van der Waals surface area contributed by atoms with Gasteiger partial charge in [-0.1, -0.05) is 40.5 Å². The van der Waals surface area contributed by atoms with E-state index in [1.165, 1.54) is 35.4 Å². The fourth-order valence-corrected chi connectivity index (χ4v) is 4.90. The van der Waals surface area contributed by atoms with E-state index in [9.17, 15) is 0 Å². The molecule has 0 amide bonds. The summed E-state index contributed by atoms with van der Waals surface area (Å²) in [5.74, 6) is 0.640. The third-order valence-electron chi connectivity index (χ3n) is 4.69. The highest BCUT2D eigenvalue weighted by Gasteiger charge is 2.43. The average molecular weight is 279 g/mol. The van der Waals surface area contributed by atoms with Crippen LogP contribution in [0.15, 0.2) is 12.1 Å². The van der Waals surface area contributed by atoms with Crippen LogP contribution in [0.3, 0.4) is 0 Å². The maximum absolute atomic E-state index is 6.88. The molecule has 19 heavy (non-hydrogen) atoms. The number of hydrogen-bond donors (Lipinski definition) is 1. The fraction of sp³-hybridized carbons (Fsp3) is 0.765. The maximum atomic E-state index is 6.88. The van der Waals surface area contributed by atoms with Gasteiger partial charge in [-0.2, -0.15) is 0 Å². The van der Waals surface area contributed by atoms with E-state index in [1.807, 2.05) is 11.3 Å². The molecule has 2 N–H and O–H groups in total. The van der Waals surface area contributed by atoms with Crippen LogP contribution >= 0.6 is 11.3 Å². The molecule has 1 fully saturated rings. The number of aryl methyl sites for hydroxylation is 1. The SMILES string of the molecule is CCc1ccc(CC2(N)CCCCC2C(C)(C)C)s1. The summed E-state index contributed by atoms with van der Waals surface area (Å²) in [4.78, 5) is 2.97. The molecule has 1 aliphatic rings. The number of thiophene rings is 1. The van der Waals surface area contributed by atoms with Crippen LogP contribution in [0.1, 0.15) is 63.1 Å². The lowest BCUT2D eigenvalue weighted by Gasteiger charge is -2.48. The predicted molar refractivity (Wildman–Crippen MR) is 85.7 cm³/mol. The van der Waals surface area contributed by atoms with Gasteiger partial charge in [0.2, 0.25) is 0 Å². The van der Waals surface area contributed by atoms with Crippen LogP contribution in [-0.4, -0.2) is 5.54 Å². The monoisotopic (exact) mass is 279 g/mol. The molecule has 2 rings (SSSR count). The minimum atomic E-state index is 0.00631. The summed E-state index contributed by atoms with van der Waals surface area (Å²) in [7, 11) is 0. The molecule has 1 heterocycles. The summed E-state index contributed by atoms with van der Waals surface area (Å²) >= 11 is 1.96. The normalized spacial score (nSPS) is 28.6. The molecular formula is C17H29NS. The van der Waals surface area contributed by atoms with Gasteiger partial charge in [-0.05, 0) is 42.7 Å². The van der Waals surface area contributed by atoms with E-state index in [2.05, 4.69) is 39.8 Å². The largest absolute Gasteiger partial charge is 0.325 e.